The van der Waals surface area contributed by atoms with Gasteiger partial charge in [-0.3, -0.25) is 14.6 Å². The highest BCUT2D eigenvalue weighted by atomic mass is 16.2. The van der Waals surface area contributed by atoms with Crippen molar-refractivity contribution in [3.8, 4) is 0 Å². The first kappa shape index (κ1) is 17.5. The maximum absolute atomic E-state index is 13.1. The summed E-state index contributed by atoms with van der Waals surface area (Å²) in [7, 11) is 1.78. The summed E-state index contributed by atoms with van der Waals surface area (Å²) in [4.78, 5) is 38.0. The lowest BCUT2D eigenvalue weighted by atomic mass is 9.94. The lowest BCUT2D eigenvalue weighted by molar-refractivity contribution is 0.0574. The van der Waals surface area contributed by atoms with Gasteiger partial charge in [-0.1, -0.05) is 0 Å². The molecule has 7 heteroatoms. The molecular weight excluding hydrogens is 342 g/mol. The summed E-state index contributed by atoms with van der Waals surface area (Å²) in [5.74, 6) is 0.989. The van der Waals surface area contributed by atoms with E-state index in [1.165, 1.54) is 0 Å². The Kier molecular flexibility index (Phi) is 4.75. The van der Waals surface area contributed by atoms with Crippen molar-refractivity contribution >= 4 is 17.6 Å². The highest BCUT2D eigenvalue weighted by molar-refractivity contribution is 5.96. The fraction of sp³-hybridized carbons (Fsp3) is 0.400. The molecule has 2 aromatic heterocycles. The maximum Gasteiger partial charge on any atom is 0.255 e. The first-order valence-corrected chi connectivity index (χ1v) is 9.30. The van der Waals surface area contributed by atoms with Crippen molar-refractivity contribution in [3.63, 3.8) is 0 Å². The summed E-state index contributed by atoms with van der Waals surface area (Å²) in [6, 6.07) is 7.14. The lowest BCUT2D eigenvalue weighted by Gasteiger charge is -2.36. The summed E-state index contributed by atoms with van der Waals surface area (Å²) in [5.41, 5.74) is 1.23. The number of nitrogens with one attached hydrogen (secondary N) is 1. The average Bonchev–Trinajstić information content (AvgIpc) is 3.05. The number of rotatable bonds is 3. The number of fused-ring (bicyclic) bond motifs is 4. The molecular formula is C20H23N5O2. The van der Waals surface area contributed by atoms with Gasteiger partial charge in [0.05, 0.1) is 5.56 Å². The van der Waals surface area contributed by atoms with Gasteiger partial charge < -0.3 is 15.1 Å². The van der Waals surface area contributed by atoms with Crippen LogP contribution in [0.3, 0.4) is 0 Å². The number of amides is 2. The lowest BCUT2D eigenvalue weighted by Crippen LogP contribution is -2.47. The van der Waals surface area contributed by atoms with Crippen LogP contribution in [0, 0.1) is 5.92 Å². The Morgan fingerprint density at radius 1 is 1.07 bits per heavy atom. The minimum atomic E-state index is -0.00400. The molecule has 5 heterocycles. The van der Waals surface area contributed by atoms with Gasteiger partial charge in [0, 0.05) is 56.9 Å². The molecule has 0 saturated carbocycles. The van der Waals surface area contributed by atoms with E-state index in [-0.39, 0.29) is 17.9 Å². The van der Waals surface area contributed by atoms with Crippen molar-refractivity contribution in [3.05, 3.63) is 54.0 Å². The molecule has 3 saturated heterocycles. The Labute approximate surface area is 158 Å². The van der Waals surface area contributed by atoms with Crippen molar-refractivity contribution in [2.24, 2.45) is 5.92 Å². The van der Waals surface area contributed by atoms with Crippen molar-refractivity contribution in [1.29, 1.82) is 0 Å². The standard InChI is InChI=1S/C20H23N5O2/c1-21-18-9-15(6-8-23-18)20(27)25-12-14-4-5-17(25)13-24(11-14)19(26)16-3-2-7-22-10-16/h2-3,6-10,14,17H,4-5,11-13H2,1H3,(H,21,23)/t14-,17+/m0/s1. The van der Waals surface area contributed by atoms with Crippen molar-refractivity contribution in [2.75, 3.05) is 32.0 Å². The van der Waals surface area contributed by atoms with Gasteiger partial charge in [0.2, 0.25) is 0 Å². The van der Waals surface area contributed by atoms with Crippen molar-refractivity contribution < 1.29 is 9.59 Å². The Hall–Kier alpha value is -2.96. The molecule has 1 N–H and O–H groups in total. The molecule has 27 heavy (non-hydrogen) atoms. The second kappa shape index (κ2) is 7.34. The number of pyridine rings is 2. The summed E-state index contributed by atoms with van der Waals surface area (Å²) < 4.78 is 0. The first-order valence-electron chi connectivity index (χ1n) is 9.30. The van der Waals surface area contributed by atoms with E-state index in [9.17, 15) is 9.59 Å². The topological polar surface area (TPSA) is 78.4 Å². The molecule has 5 rings (SSSR count). The minimum Gasteiger partial charge on any atom is -0.373 e. The number of aromatic nitrogens is 2. The molecule has 2 atom stereocenters. The van der Waals surface area contributed by atoms with Crippen LogP contribution in [0.5, 0.6) is 0 Å². The average molecular weight is 365 g/mol. The Balaban J connectivity index is 1.54. The van der Waals surface area contributed by atoms with E-state index in [1.54, 1.807) is 49.9 Å². The number of carbonyl (C=O) groups excluding carboxylic acids is 2. The summed E-state index contributed by atoms with van der Waals surface area (Å²) in [6.45, 7) is 1.95. The largest absolute Gasteiger partial charge is 0.373 e. The van der Waals surface area contributed by atoms with Gasteiger partial charge in [0.25, 0.3) is 11.8 Å². The van der Waals surface area contributed by atoms with E-state index >= 15 is 0 Å². The zero-order valence-electron chi connectivity index (χ0n) is 15.3. The summed E-state index contributed by atoms with van der Waals surface area (Å²) >= 11 is 0. The Morgan fingerprint density at radius 3 is 2.74 bits per heavy atom. The number of piperidine rings is 1. The summed E-state index contributed by atoms with van der Waals surface area (Å²) in [6.07, 6.45) is 6.89. The van der Waals surface area contributed by atoms with Crippen molar-refractivity contribution in [1.82, 2.24) is 19.8 Å². The third-order valence-electron chi connectivity index (χ3n) is 5.43. The van der Waals surface area contributed by atoms with Gasteiger partial charge in [-0.25, -0.2) is 4.98 Å². The van der Waals surface area contributed by atoms with E-state index < -0.39 is 0 Å². The van der Waals surface area contributed by atoms with Gasteiger partial charge >= 0.3 is 0 Å². The Morgan fingerprint density at radius 2 is 1.96 bits per heavy atom. The van der Waals surface area contributed by atoms with Crippen molar-refractivity contribution in [2.45, 2.75) is 18.9 Å². The van der Waals surface area contributed by atoms with Crippen LogP contribution in [0.2, 0.25) is 0 Å². The molecule has 2 aromatic rings. The van der Waals surface area contributed by atoms with Gasteiger partial charge in [-0.05, 0) is 43.0 Å². The number of hydrogen-bond acceptors (Lipinski definition) is 5. The van der Waals surface area contributed by atoms with E-state index in [0.717, 1.165) is 12.8 Å². The maximum atomic E-state index is 13.1. The van der Waals surface area contributed by atoms with E-state index in [0.29, 0.717) is 42.5 Å². The molecule has 140 valence electrons. The van der Waals surface area contributed by atoms with E-state index in [1.807, 2.05) is 9.80 Å². The molecule has 2 bridgehead atoms. The molecule has 0 radical (unpaired) electrons. The molecule has 0 spiro atoms. The smallest absolute Gasteiger partial charge is 0.255 e. The predicted octanol–water partition coefficient (Wildman–Crippen LogP) is 1.90. The normalized spacial score (nSPS) is 21.7. The molecule has 0 aromatic carbocycles. The molecule has 0 unspecified atom stereocenters. The third-order valence-corrected chi connectivity index (χ3v) is 5.43. The number of anilines is 1. The van der Waals surface area contributed by atoms with Gasteiger partial charge in [-0.15, -0.1) is 0 Å². The molecule has 3 aliphatic rings. The second-order valence-corrected chi connectivity index (χ2v) is 7.19. The number of nitrogens with zero attached hydrogens (tertiary/aromatic N) is 4. The second-order valence-electron chi connectivity index (χ2n) is 7.19. The predicted molar refractivity (Wildman–Crippen MR) is 101 cm³/mol. The third kappa shape index (κ3) is 3.49. The van der Waals surface area contributed by atoms with Gasteiger partial charge in [0.1, 0.15) is 5.82 Å². The fourth-order valence-electron chi connectivity index (χ4n) is 4.03. The zero-order valence-corrected chi connectivity index (χ0v) is 15.3. The minimum absolute atomic E-state index is 0.00400. The SMILES string of the molecule is CNc1cc(C(=O)N2C[C@H]3CC[C@@H]2CN(C(=O)c2cccnc2)C3)ccn1. The monoisotopic (exact) mass is 365 g/mol. The molecule has 2 amide bonds. The van der Waals surface area contributed by atoms with Crippen LogP contribution < -0.4 is 5.32 Å². The molecule has 7 nitrogen and oxygen atoms in total. The van der Waals surface area contributed by atoms with Crippen LogP contribution in [-0.2, 0) is 0 Å². The van der Waals surface area contributed by atoms with Crippen LogP contribution >= 0.6 is 0 Å². The zero-order chi connectivity index (χ0) is 18.8. The fourth-order valence-corrected chi connectivity index (χ4v) is 4.03. The number of hydrogen-bond donors (Lipinski definition) is 1. The van der Waals surface area contributed by atoms with Crippen LogP contribution in [0.4, 0.5) is 5.82 Å². The Bertz CT molecular complexity index is 841. The highest BCUT2D eigenvalue weighted by Crippen LogP contribution is 2.30. The van der Waals surface area contributed by atoms with Crippen LogP contribution in [0.15, 0.2) is 42.9 Å². The van der Waals surface area contributed by atoms with Crippen LogP contribution in [0.25, 0.3) is 0 Å². The number of carbonyl (C=O) groups is 2. The molecule has 3 fully saturated rings. The van der Waals surface area contributed by atoms with Crippen LogP contribution in [-0.4, -0.2) is 64.3 Å². The summed E-state index contributed by atoms with van der Waals surface area (Å²) in [5, 5.41) is 2.97. The quantitative estimate of drug-likeness (QED) is 0.899. The van der Waals surface area contributed by atoms with Gasteiger partial charge in [-0.2, -0.15) is 0 Å². The van der Waals surface area contributed by atoms with Crippen LogP contribution in [0.1, 0.15) is 33.6 Å². The molecule has 3 aliphatic heterocycles. The first-order chi connectivity index (χ1) is 13.2. The highest BCUT2D eigenvalue weighted by Gasteiger charge is 2.39. The van der Waals surface area contributed by atoms with Gasteiger partial charge in [0.15, 0.2) is 0 Å². The van der Waals surface area contributed by atoms with E-state index in [2.05, 4.69) is 15.3 Å². The molecule has 0 aliphatic carbocycles. The van der Waals surface area contributed by atoms with E-state index in [4.69, 9.17) is 0 Å².